The van der Waals surface area contributed by atoms with Crippen LogP contribution in [0.15, 0.2) is 34.9 Å². The first-order chi connectivity index (χ1) is 6.82. The molecule has 0 bridgehead atoms. The highest BCUT2D eigenvalue weighted by atomic mass is 14.2. The lowest BCUT2D eigenvalue weighted by Gasteiger charge is -2.20. The van der Waals surface area contributed by atoms with Crippen molar-refractivity contribution in [1.29, 1.82) is 0 Å². The summed E-state index contributed by atoms with van der Waals surface area (Å²) in [5.74, 6) is 1.14. The van der Waals surface area contributed by atoms with Gasteiger partial charge in [-0.1, -0.05) is 45.9 Å². The molecule has 0 heterocycles. The van der Waals surface area contributed by atoms with E-state index >= 15 is 0 Å². The number of hydrogen-bond donors (Lipinski definition) is 0. The van der Waals surface area contributed by atoms with Gasteiger partial charge in [0.1, 0.15) is 0 Å². The highest BCUT2D eigenvalue weighted by Crippen LogP contribution is 2.29. The highest BCUT2D eigenvalue weighted by molar-refractivity contribution is 5.43. The molecular weight excluding hydrogens is 180 g/mol. The van der Waals surface area contributed by atoms with Crippen molar-refractivity contribution in [3.8, 4) is 0 Å². The van der Waals surface area contributed by atoms with Gasteiger partial charge in [-0.15, -0.1) is 0 Å². The normalized spacial score (nSPS) is 14.6. The van der Waals surface area contributed by atoms with Crippen LogP contribution in [0.4, 0.5) is 0 Å². The average Bonchev–Trinajstić information content (AvgIpc) is 2.02. The molecule has 0 atom stereocenters. The van der Waals surface area contributed by atoms with Crippen molar-refractivity contribution in [1.82, 2.24) is 0 Å². The Morgan fingerprint density at radius 3 is 1.67 bits per heavy atom. The van der Waals surface area contributed by atoms with Gasteiger partial charge in [0.15, 0.2) is 0 Å². The molecule has 0 fully saturated rings. The van der Waals surface area contributed by atoms with Gasteiger partial charge >= 0.3 is 0 Å². The second-order valence-electron chi connectivity index (χ2n) is 4.87. The molecule has 86 valence electrons. The Kier molecular flexibility index (Phi) is 5.64. The van der Waals surface area contributed by atoms with Crippen LogP contribution >= 0.6 is 0 Å². The van der Waals surface area contributed by atoms with Crippen LogP contribution in [0.3, 0.4) is 0 Å². The summed E-state index contributed by atoms with van der Waals surface area (Å²) in [5, 5.41) is 0. The summed E-state index contributed by atoms with van der Waals surface area (Å²) < 4.78 is 0. The van der Waals surface area contributed by atoms with Gasteiger partial charge in [-0.05, 0) is 49.3 Å². The van der Waals surface area contributed by atoms with E-state index in [0.29, 0.717) is 11.8 Å². The van der Waals surface area contributed by atoms with Gasteiger partial charge in [-0.3, -0.25) is 0 Å². The lowest BCUT2D eigenvalue weighted by molar-refractivity contribution is 0.736. The third kappa shape index (κ3) is 3.70. The number of rotatable bonds is 4. The molecule has 0 unspecified atom stereocenters. The average molecular weight is 206 g/mol. The van der Waals surface area contributed by atoms with Crippen molar-refractivity contribution in [3.05, 3.63) is 34.9 Å². The van der Waals surface area contributed by atoms with E-state index in [9.17, 15) is 0 Å². The quantitative estimate of drug-likeness (QED) is 0.559. The van der Waals surface area contributed by atoms with E-state index < -0.39 is 0 Å². The molecule has 0 aromatic carbocycles. The van der Waals surface area contributed by atoms with Gasteiger partial charge in [-0.25, -0.2) is 0 Å². The fourth-order valence-corrected chi connectivity index (χ4v) is 2.38. The van der Waals surface area contributed by atoms with Crippen molar-refractivity contribution in [3.63, 3.8) is 0 Å². The molecule has 0 aromatic rings. The lowest BCUT2D eigenvalue weighted by atomic mass is 9.85. The largest absolute Gasteiger partial charge is 0.0958 e. The van der Waals surface area contributed by atoms with Crippen LogP contribution in [0.5, 0.6) is 0 Å². The molecule has 0 saturated carbocycles. The number of hydrogen-bond acceptors (Lipinski definition) is 0. The molecule has 0 spiro atoms. The Morgan fingerprint density at radius 1 is 1.00 bits per heavy atom. The standard InChI is InChI=1S/C15H26/c1-9-14(10(2)3)13(8)15(11(4)5)12(6)7/h9-10,12H,4H2,1-3,5-8H3/b14-9?,15-13+. The van der Waals surface area contributed by atoms with E-state index in [-0.39, 0.29) is 0 Å². The Balaban J connectivity index is 5.45. The third-order valence-electron chi connectivity index (χ3n) is 2.81. The minimum Gasteiger partial charge on any atom is -0.0958 e. The van der Waals surface area contributed by atoms with Gasteiger partial charge in [0.25, 0.3) is 0 Å². The Labute approximate surface area is 95.8 Å². The van der Waals surface area contributed by atoms with Crippen LogP contribution < -0.4 is 0 Å². The maximum atomic E-state index is 4.09. The van der Waals surface area contributed by atoms with Crippen molar-refractivity contribution < 1.29 is 0 Å². The predicted octanol–water partition coefficient (Wildman–Crippen LogP) is 5.14. The second-order valence-corrected chi connectivity index (χ2v) is 4.87. The maximum Gasteiger partial charge on any atom is -0.0214 e. The summed E-state index contributed by atoms with van der Waals surface area (Å²) >= 11 is 0. The van der Waals surface area contributed by atoms with E-state index in [2.05, 4.69) is 61.1 Å². The lowest BCUT2D eigenvalue weighted by Crippen LogP contribution is -2.04. The summed E-state index contributed by atoms with van der Waals surface area (Å²) in [7, 11) is 0. The van der Waals surface area contributed by atoms with Gasteiger partial charge < -0.3 is 0 Å². The predicted molar refractivity (Wildman–Crippen MR) is 70.9 cm³/mol. The Hall–Kier alpha value is -0.780. The molecule has 0 radical (unpaired) electrons. The fourth-order valence-electron chi connectivity index (χ4n) is 2.38. The second kappa shape index (κ2) is 5.95. The molecule has 0 nitrogen and oxygen atoms in total. The monoisotopic (exact) mass is 206 g/mol. The Bertz CT molecular complexity index is 285. The summed E-state index contributed by atoms with van der Waals surface area (Å²) in [5.41, 5.74) is 5.47. The van der Waals surface area contributed by atoms with Gasteiger partial charge in [-0.2, -0.15) is 0 Å². The highest BCUT2D eigenvalue weighted by Gasteiger charge is 2.13. The van der Waals surface area contributed by atoms with Crippen LogP contribution in [0.2, 0.25) is 0 Å². The van der Waals surface area contributed by atoms with E-state index in [1.165, 1.54) is 22.3 Å². The van der Waals surface area contributed by atoms with Gasteiger partial charge in [0.05, 0.1) is 0 Å². The molecule has 0 aliphatic rings. The van der Waals surface area contributed by atoms with E-state index in [1.54, 1.807) is 0 Å². The molecule has 0 aliphatic heterocycles. The molecule has 0 aliphatic carbocycles. The van der Waals surface area contributed by atoms with Gasteiger partial charge in [0.2, 0.25) is 0 Å². The smallest absolute Gasteiger partial charge is 0.0214 e. The van der Waals surface area contributed by atoms with Crippen LogP contribution in [-0.2, 0) is 0 Å². The minimum absolute atomic E-state index is 0.552. The minimum atomic E-state index is 0.552. The molecule has 0 saturated heterocycles. The van der Waals surface area contributed by atoms with Crippen molar-refractivity contribution in [2.75, 3.05) is 0 Å². The Morgan fingerprint density at radius 2 is 1.47 bits per heavy atom. The number of allylic oxidation sites excluding steroid dienone is 5. The molecule has 0 N–H and O–H groups in total. The van der Waals surface area contributed by atoms with Crippen molar-refractivity contribution in [2.45, 2.75) is 48.5 Å². The molecular formula is C15H26. The first-order valence-corrected chi connectivity index (χ1v) is 5.86. The molecule has 0 heteroatoms. The summed E-state index contributed by atoms with van der Waals surface area (Å²) in [4.78, 5) is 0. The van der Waals surface area contributed by atoms with Crippen LogP contribution in [0, 0.1) is 11.8 Å². The zero-order valence-electron chi connectivity index (χ0n) is 11.4. The molecule has 15 heavy (non-hydrogen) atoms. The van der Waals surface area contributed by atoms with Crippen molar-refractivity contribution >= 4 is 0 Å². The van der Waals surface area contributed by atoms with Crippen molar-refractivity contribution in [2.24, 2.45) is 11.8 Å². The first kappa shape index (κ1) is 14.2. The van der Waals surface area contributed by atoms with E-state index in [4.69, 9.17) is 0 Å². The van der Waals surface area contributed by atoms with E-state index in [0.717, 1.165) is 0 Å². The van der Waals surface area contributed by atoms with Gasteiger partial charge in [0, 0.05) is 0 Å². The first-order valence-electron chi connectivity index (χ1n) is 5.86. The zero-order chi connectivity index (χ0) is 12.2. The summed E-state index contributed by atoms with van der Waals surface area (Å²) in [6.07, 6.45) is 2.23. The SMILES string of the molecule is C=C(C)/C(=C(/C)C(=CC)C(C)C)C(C)C. The van der Waals surface area contributed by atoms with E-state index in [1.807, 2.05) is 0 Å². The summed E-state index contributed by atoms with van der Waals surface area (Å²) in [6.45, 7) is 19.5. The van der Waals surface area contributed by atoms with Crippen LogP contribution in [0.1, 0.15) is 48.5 Å². The third-order valence-corrected chi connectivity index (χ3v) is 2.81. The fraction of sp³-hybridized carbons (Fsp3) is 0.600. The van der Waals surface area contributed by atoms with Crippen LogP contribution in [-0.4, -0.2) is 0 Å². The maximum absolute atomic E-state index is 4.09. The molecule has 0 rings (SSSR count). The topological polar surface area (TPSA) is 0 Å². The molecule has 0 aromatic heterocycles. The molecule has 0 amide bonds. The zero-order valence-corrected chi connectivity index (χ0v) is 11.4. The van der Waals surface area contributed by atoms with Crippen LogP contribution in [0.25, 0.3) is 0 Å². The summed E-state index contributed by atoms with van der Waals surface area (Å²) in [6, 6.07) is 0.